The minimum atomic E-state index is -0.198. The second-order valence-corrected chi connectivity index (χ2v) is 6.46. The quantitative estimate of drug-likeness (QED) is 0.842. The maximum atomic E-state index is 9.73. The van der Waals surface area contributed by atoms with Gasteiger partial charge in [-0.2, -0.15) is 0 Å². The highest BCUT2D eigenvalue weighted by atomic mass is 16.3. The van der Waals surface area contributed by atoms with Gasteiger partial charge in [0.15, 0.2) is 0 Å². The van der Waals surface area contributed by atoms with E-state index in [0.717, 1.165) is 12.0 Å². The molecule has 0 heterocycles. The lowest BCUT2D eigenvalue weighted by atomic mass is 9.63. The van der Waals surface area contributed by atoms with Crippen LogP contribution in [0.15, 0.2) is 30.3 Å². The zero-order valence-corrected chi connectivity index (χ0v) is 12.0. The van der Waals surface area contributed by atoms with Crippen LogP contribution < -0.4 is 0 Å². The maximum absolute atomic E-state index is 9.73. The lowest BCUT2D eigenvalue weighted by Crippen LogP contribution is -2.38. The van der Waals surface area contributed by atoms with Gasteiger partial charge in [-0.3, -0.25) is 0 Å². The second-order valence-electron chi connectivity index (χ2n) is 6.46. The van der Waals surface area contributed by atoms with Gasteiger partial charge in [0.25, 0.3) is 0 Å². The Morgan fingerprint density at radius 2 is 1.56 bits per heavy atom. The van der Waals surface area contributed by atoms with Crippen molar-refractivity contribution in [1.29, 1.82) is 0 Å². The smallest absolute Gasteiger partial charge is 0.0499 e. The van der Waals surface area contributed by atoms with Crippen LogP contribution in [-0.4, -0.2) is 23.4 Å². The molecule has 0 saturated carbocycles. The second kappa shape index (κ2) is 5.85. The van der Waals surface area contributed by atoms with Crippen molar-refractivity contribution in [3.05, 3.63) is 35.9 Å². The van der Waals surface area contributed by atoms with Gasteiger partial charge in [-0.1, -0.05) is 58.0 Å². The molecule has 0 aliphatic rings. The van der Waals surface area contributed by atoms with E-state index in [2.05, 4.69) is 27.7 Å². The first-order valence-electron chi connectivity index (χ1n) is 6.61. The molecule has 2 heteroatoms. The van der Waals surface area contributed by atoms with Crippen LogP contribution >= 0.6 is 0 Å². The summed E-state index contributed by atoms with van der Waals surface area (Å²) in [6.07, 6.45) is 0.785. The predicted molar refractivity (Wildman–Crippen MR) is 75.5 cm³/mol. The van der Waals surface area contributed by atoms with Gasteiger partial charge < -0.3 is 10.2 Å². The van der Waals surface area contributed by atoms with E-state index in [4.69, 9.17) is 0 Å². The molecule has 0 bridgehead atoms. The largest absolute Gasteiger partial charge is 0.396 e. The van der Waals surface area contributed by atoms with E-state index in [0.29, 0.717) is 0 Å². The molecule has 2 atom stereocenters. The van der Waals surface area contributed by atoms with E-state index in [-0.39, 0.29) is 30.0 Å². The maximum Gasteiger partial charge on any atom is 0.0499 e. The molecule has 102 valence electrons. The summed E-state index contributed by atoms with van der Waals surface area (Å²) in [5, 5.41) is 19.4. The zero-order valence-electron chi connectivity index (χ0n) is 12.0. The van der Waals surface area contributed by atoms with Crippen molar-refractivity contribution in [1.82, 2.24) is 0 Å². The number of aliphatic hydroxyl groups excluding tert-OH is 2. The summed E-state index contributed by atoms with van der Waals surface area (Å²) in [6, 6.07) is 10.0. The fourth-order valence-electron chi connectivity index (χ4n) is 2.16. The summed E-state index contributed by atoms with van der Waals surface area (Å²) in [7, 11) is 0. The highest BCUT2D eigenvalue weighted by Gasteiger charge is 2.38. The molecule has 0 aliphatic heterocycles. The zero-order chi connectivity index (χ0) is 13.8. The molecular weight excluding hydrogens is 224 g/mol. The van der Waals surface area contributed by atoms with E-state index in [1.165, 1.54) is 0 Å². The highest BCUT2D eigenvalue weighted by molar-refractivity contribution is 5.20. The molecule has 0 amide bonds. The first kappa shape index (κ1) is 15.2. The number of hydrogen-bond acceptors (Lipinski definition) is 2. The molecule has 0 saturated heterocycles. The molecule has 0 radical (unpaired) electrons. The van der Waals surface area contributed by atoms with Crippen LogP contribution in [0.5, 0.6) is 0 Å². The summed E-state index contributed by atoms with van der Waals surface area (Å²) >= 11 is 0. The van der Waals surface area contributed by atoms with Gasteiger partial charge in [-0.15, -0.1) is 0 Å². The van der Waals surface area contributed by atoms with Crippen molar-refractivity contribution in [3.8, 4) is 0 Å². The normalized spacial score (nSPS) is 17.2. The van der Waals surface area contributed by atoms with Gasteiger partial charge >= 0.3 is 0 Å². The standard InChI is InChI=1S/C16H26O2/c1-15(2,3)16(4,12-18)10-14(11-17)13-8-6-5-7-9-13/h5-9,14,17-18H,10-12H2,1-4H3/t14-,16-/m0/s1. The van der Waals surface area contributed by atoms with E-state index in [1.54, 1.807) is 0 Å². The minimum Gasteiger partial charge on any atom is -0.396 e. The predicted octanol–water partition coefficient (Wildman–Crippen LogP) is 3.20. The monoisotopic (exact) mass is 250 g/mol. The lowest BCUT2D eigenvalue weighted by molar-refractivity contribution is 0.0125. The van der Waals surface area contributed by atoms with Gasteiger partial charge in [-0.25, -0.2) is 0 Å². The van der Waals surface area contributed by atoms with Gasteiger partial charge in [0.1, 0.15) is 0 Å². The van der Waals surface area contributed by atoms with E-state index in [9.17, 15) is 10.2 Å². The van der Waals surface area contributed by atoms with Crippen molar-refractivity contribution >= 4 is 0 Å². The summed E-state index contributed by atoms with van der Waals surface area (Å²) in [6.45, 7) is 8.78. The summed E-state index contributed by atoms with van der Waals surface area (Å²) in [4.78, 5) is 0. The number of rotatable bonds is 5. The third kappa shape index (κ3) is 3.33. The summed E-state index contributed by atoms with van der Waals surface area (Å²) < 4.78 is 0. The number of hydrogen-bond donors (Lipinski definition) is 2. The van der Waals surface area contributed by atoms with Gasteiger partial charge in [0.05, 0.1) is 0 Å². The van der Waals surface area contributed by atoms with Gasteiger partial charge in [0, 0.05) is 19.1 Å². The van der Waals surface area contributed by atoms with Crippen molar-refractivity contribution in [3.63, 3.8) is 0 Å². The number of benzene rings is 1. The third-order valence-electron chi connectivity index (χ3n) is 4.35. The Morgan fingerprint density at radius 1 is 1.00 bits per heavy atom. The third-order valence-corrected chi connectivity index (χ3v) is 4.35. The van der Waals surface area contributed by atoms with Crippen molar-refractivity contribution in [2.75, 3.05) is 13.2 Å². The molecule has 2 N–H and O–H groups in total. The van der Waals surface area contributed by atoms with Crippen LogP contribution in [0.1, 0.15) is 45.6 Å². The molecule has 18 heavy (non-hydrogen) atoms. The van der Waals surface area contributed by atoms with Gasteiger partial charge in [0.2, 0.25) is 0 Å². The molecule has 0 aliphatic carbocycles. The Kier molecular flexibility index (Phi) is 4.94. The van der Waals surface area contributed by atoms with Crippen molar-refractivity contribution in [2.45, 2.75) is 40.0 Å². The molecule has 1 aromatic rings. The highest BCUT2D eigenvalue weighted by Crippen LogP contribution is 2.44. The molecule has 2 nitrogen and oxygen atoms in total. The fraction of sp³-hybridized carbons (Fsp3) is 0.625. The van der Waals surface area contributed by atoms with Crippen LogP contribution in [0.3, 0.4) is 0 Å². The van der Waals surface area contributed by atoms with Crippen LogP contribution in [0, 0.1) is 10.8 Å². The molecular formula is C16H26O2. The van der Waals surface area contributed by atoms with E-state index < -0.39 is 0 Å². The molecule has 0 spiro atoms. The average Bonchev–Trinajstić information content (AvgIpc) is 2.35. The number of aliphatic hydroxyl groups is 2. The SMILES string of the molecule is CC(C)(C)[C@](C)(CO)C[C@@H](CO)c1ccccc1. The molecule has 0 fully saturated rings. The van der Waals surface area contributed by atoms with Crippen molar-refractivity contribution < 1.29 is 10.2 Å². The van der Waals surface area contributed by atoms with Crippen LogP contribution in [0.4, 0.5) is 0 Å². The summed E-state index contributed by atoms with van der Waals surface area (Å²) in [5.74, 6) is 0.0857. The molecule has 0 unspecified atom stereocenters. The molecule has 0 aromatic heterocycles. The Bertz CT molecular complexity index is 353. The Hall–Kier alpha value is -0.860. The molecule has 1 aromatic carbocycles. The fourth-order valence-corrected chi connectivity index (χ4v) is 2.16. The van der Waals surface area contributed by atoms with Crippen LogP contribution in [0.25, 0.3) is 0 Å². The Morgan fingerprint density at radius 3 is 1.94 bits per heavy atom. The first-order chi connectivity index (χ1) is 8.34. The van der Waals surface area contributed by atoms with E-state index >= 15 is 0 Å². The Labute approximate surface area is 111 Å². The first-order valence-corrected chi connectivity index (χ1v) is 6.61. The van der Waals surface area contributed by atoms with E-state index in [1.807, 2.05) is 30.3 Å². The lowest BCUT2D eigenvalue weighted by Gasteiger charge is -2.42. The molecule has 1 rings (SSSR count). The van der Waals surface area contributed by atoms with Crippen molar-refractivity contribution in [2.24, 2.45) is 10.8 Å². The minimum absolute atomic E-state index is 0.00392. The van der Waals surface area contributed by atoms with Crippen LogP contribution in [0.2, 0.25) is 0 Å². The van der Waals surface area contributed by atoms with Crippen LogP contribution in [-0.2, 0) is 0 Å². The average molecular weight is 250 g/mol. The van der Waals surface area contributed by atoms with Gasteiger partial charge in [-0.05, 0) is 22.8 Å². The summed E-state index contributed by atoms with van der Waals surface area (Å²) in [5.41, 5.74) is 0.948. The topological polar surface area (TPSA) is 40.5 Å². The Balaban J connectivity index is 2.92.